The van der Waals surface area contributed by atoms with Crippen LogP contribution in [0.15, 0.2) is 48.5 Å². The lowest BCUT2D eigenvalue weighted by Gasteiger charge is -2.60. The van der Waals surface area contributed by atoms with Crippen LogP contribution in [0, 0.1) is 23.2 Å². The molecular formula is C25H29N3. The van der Waals surface area contributed by atoms with Gasteiger partial charge in [-0.15, -0.1) is 0 Å². The number of fused-ring (bicyclic) bond motifs is 3. The molecule has 0 amide bonds. The van der Waals surface area contributed by atoms with Gasteiger partial charge in [0.25, 0.3) is 0 Å². The van der Waals surface area contributed by atoms with Crippen molar-refractivity contribution >= 4 is 5.96 Å². The van der Waals surface area contributed by atoms with Crippen LogP contribution < -0.4 is 5.32 Å². The summed E-state index contributed by atoms with van der Waals surface area (Å²) < 4.78 is 0. The fourth-order valence-electron chi connectivity index (χ4n) is 7.26. The molecule has 0 radical (unpaired) electrons. The van der Waals surface area contributed by atoms with Crippen LogP contribution >= 0.6 is 0 Å². The minimum atomic E-state index is 0.0799. The zero-order valence-electron chi connectivity index (χ0n) is 16.6. The summed E-state index contributed by atoms with van der Waals surface area (Å²) >= 11 is 0. The molecule has 0 unspecified atom stereocenters. The molecule has 144 valence electrons. The number of hydrogen-bond donors (Lipinski definition) is 2. The molecule has 4 bridgehead atoms. The lowest BCUT2D eigenvalue weighted by molar-refractivity contribution is -0.0560. The van der Waals surface area contributed by atoms with Gasteiger partial charge >= 0.3 is 0 Å². The van der Waals surface area contributed by atoms with Crippen LogP contribution in [-0.2, 0) is 0 Å². The van der Waals surface area contributed by atoms with Gasteiger partial charge in [0.05, 0.1) is 6.04 Å². The molecule has 5 aliphatic carbocycles. The van der Waals surface area contributed by atoms with Crippen molar-refractivity contribution in [1.82, 2.24) is 10.2 Å². The van der Waals surface area contributed by atoms with Crippen LogP contribution in [0.2, 0.25) is 0 Å². The number of nitrogens with one attached hydrogen (secondary N) is 2. The Bertz CT molecular complexity index is 866. The first kappa shape index (κ1) is 16.6. The molecule has 0 heterocycles. The van der Waals surface area contributed by atoms with Gasteiger partial charge in [-0.05, 0) is 78.5 Å². The van der Waals surface area contributed by atoms with Crippen molar-refractivity contribution in [3.63, 3.8) is 0 Å². The van der Waals surface area contributed by atoms with E-state index in [0.717, 1.165) is 17.8 Å². The minimum Gasteiger partial charge on any atom is -0.345 e. The number of rotatable bonds is 2. The first-order valence-electron chi connectivity index (χ1n) is 10.9. The molecule has 4 fully saturated rings. The van der Waals surface area contributed by atoms with E-state index in [0.29, 0.717) is 5.96 Å². The molecule has 0 aliphatic heterocycles. The maximum Gasteiger partial charge on any atom is 0.192 e. The van der Waals surface area contributed by atoms with Crippen molar-refractivity contribution in [1.29, 1.82) is 5.41 Å². The summed E-state index contributed by atoms with van der Waals surface area (Å²) in [5, 5.41) is 12.6. The lowest BCUT2D eigenvalue weighted by Crippen LogP contribution is -2.62. The van der Waals surface area contributed by atoms with Gasteiger partial charge in [-0.25, -0.2) is 0 Å². The highest BCUT2D eigenvalue weighted by molar-refractivity contribution is 5.84. The van der Waals surface area contributed by atoms with Crippen LogP contribution in [0.25, 0.3) is 11.1 Å². The maximum atomic E-state index is 8.99. The Hall–Kier alpha value is -2.29. The third-order valence-electron chi connectivity index (χ3n) is 8.17. The van der Waals surface area contributed by atoms with Gasteiger partial charge in [0.1, 0.15) is 0 Å². The summed E-state index contributed by atoms with van der Waals surface area (Å²) in [6.45, 7) is 0. The first-order valence-corrected chi connectivity index (χ1v) is 10.9. The number of benzene rings is 2. The molecule has 3 nitrogen and oxygen atoms in total. The second-order valence-electron chi connectivity index (χ2n) is 9.80. The van der Waals surface area contributed by atoms with Crippen molar-refractivity contribution in [2.24, 2.45) is 17.8 Å². The van der Waals surface area contributed by atoms with E-state index in [4.69, 9.17) is 5.41 Å². The highest BCUT2D eigenvalue weighted by Gasteiger charge is 2.53. The van der Waals surface area contributed by atoms with Crippen LogP contribution in [0.3, 0.4) is 0 Å². The Morgan fingerprint density at radius 1 is 0.857 bits per heavy atom. The fourth-order valence-corrected chi connectivity index (χ4v) is 7.26. The molecule has 5 aliphatic rings. The summed E-state index contributed by atoms with van der Waals surface area (Å²) in [4.78, 5) is 2.32. The van der Waals surface area contributed by atoms with E-state index in [1.165, 1.54) is 60.8 Å². The fraction of sp³-hybridized carbons (Fsp3) is 0.480. The molecule has 0 aromatic heterocycles. The van der Waals surface area contributed by atoms with Crippen molar-refractivity contribution in [2.75, 3.05) is 7.05 Å². The Morgan fingerprint density at radius 3 is 1.82 bits per heavy atom. The second-order valence-corrected chi connectivity index (χ2v) is 9.80. The summed E-state index contributed by atoms with van der Waals surface area (Å²) in [6, 6.07) is 17.4. The normalized spacial score (nSPS) is 32.1. The van der Waals surface area contributed by atoms with Gasteiger partial charge in [0.15, 0.2) is 5.96 Å². The topological polar surface area (TPSA) is 39.1 Å². The van der Waals surface area contributed by atoms with E-state index in [2.05, 4.69) is 65.8 Å². The molecule has 4 saturated carbocycles. The third-order valence-corrected chi connectivity index (χ3v) is 8.17. The standard InChI is InChI=1S/C25H29N3/c1-28(25-13-16-10-17(14-25)12-18(11-16)15-25)24(26)27-23-21-8-4-2-6-19(21)20-7-3-5-9-22(20)23/h2-9,16-18,23H,10-15H2,1H3,(H2,26,27). The number of hydrogen-bond acceptors (Lipinski definition) is 1. The smallest absolute Gasteiger partial charge is 0.192 e. The molecule has 28 heavy (non-hydrogen) atoms. The largest absolute Gasteiger partial charge is 0.345 e. The molecule has 0 saturated heterocycles. The van der Waals surface area contributed by atoms with Crippen LogP contribution in [0.5, 0.6) is 0 Å². The second kappa shape index (κ2) is 5.85. The summed E-state index contributed by atoms with van der Waals surface area (Å²) in [5.41, 5.74) is 5.43. The first-order chi connectivity index (χ1) is 13.6. The van der Waals surface area contributed by atoms with Gasteiger partial charge in [-0.1, -0.05) is 48.5 Å². The van der Waals surface area contributed by atoms with Gasteiger partial charge in [0.2, 0.25) is 0 Å². The Balaban J connectivity index is 1.30. The van der Waals surface area contributed by atoms with Crippen molar-refractivity contribution in [3.8, 4) is 11.1 Å². The van der Waals surface area contributed by atoms with Gasteiger partial charge in [-0.2, -0.15) is 0 Å². The van der Waals surface area contributed by atoms with E-state index >= 15 is 0 Å². The van der Waals surface area contributed by atoms with Crippen LogP contribution in [-0.4, -0.2) is 23.4 Å². The molecule has 3 heteroatoms. The van der Waals surface area contributed by atoms with E-state index in [1.54, 1.807) is 0 Å². The van der Waals surface area contributed by atoms with Crippen LogP contribution in [0.1, 0.15) is 55.7 Å². The van der Waals surface area contributed by atoms with E-state index in [9.17, 15) is 0 Å². The number of guanidine groups is 1. The Kier molecular flexibility index (Phi) is 3.48. The van der Waals surface area contributed by atoms with Crippen LogP contribution in [0.4, 0.5) is 0 Å². The average molecular weight is 372 g/mol. The maximum absolute atomic E-state index is 8.99. The summed E-state index contributed by atoms with van der Waals surface area (Å²) in [5.74, 6) is 3.29. The van der Waals surface area contributed by atoms with Gasteiger partial charge in [-0.3, -0.25) is 5.41 Å². The number of nitrogens with zero attached hydrogens (tertiary/aromatic N) is 1. The summed E-state index contributed by atoms with van der Waals surface area (Å²) in [7, 11) is 2.18. The van der Waals surface area contributed by atoms with E-state index in [1.807, 2.05) is 0 Å². The lowest BCUT2D eigenvalue weighted by atomic mass is 9.52. The Labute approximate surface area is 167 Å². The molecule has 7 rings (SSSR count). The van der Waals surface area contributed by atoms with Crippen molar-refractivity contribution < 1.29 is 0 Å². The van der Waals surface area contributed by atoms with Gasteiger partial charge in [0, 0.05) is 12.6 Å². The highest BCUT2D eigenvalue weighted by atomic mass is 15.3. The van der Waals surface area contributed by atoms with Crippen molar-refractivity contribution in [2.45, 2.75) is 50.1 Å². The molecule has 2 aromatic carbocycles. The van der Waals surface area contributed by atoms with Crippen molar-refractivity contribution in [3.05, 3.63) is 59.7 Å². The zero-order chi connectivity index (χ0) is 18.9. The molecule has 2 aromatic rings. The minimum absolute atomic E-state index is 0.0799. The monoisotopic (exact) mass is 371 g/mol. The molecule has 0 atom stereocenters. The summed E-state index contributed by atoms with van der Waals surface area (Å²) in [6.07, 6.45) is 8.19. The SMILES string of the molecule is CN(C(=N)NC1c2ccccc2-c2ccccc21)C12CC3CC(CC(C3)C1)C2. The predicted octanol–water partition coefficient (Wildman–Crippen LogP) is 5.18. The molecular weight excluding hydrogens is 342 g/mol. The highest BCUT2D eigenvalue weighted by Crippen LogP contribution is 2.57. The average Bonchev–Trinajstić information content (AvgIpc) is 3.00. The Morgan fingerprint density at radius 2 is 1.32 bits per heavy atom. The molecule has 2 N–H and O–H groups in total. The quantitative estimate of drug-likeness (QED) is 0.564. The predicted molar refractivity (Wildman–Crippen MR) is 113 cm³/mol. The molecule has 0 spiro atoms. The van der Waals surface area contributed by atoms with Gasteiger partial charge < -0.3 is 10.2 Å². The van der Waals surface area contributed by atoms with E-state index < -0.39 is 0 Å². The third kappa shape index (κ3) is 2.31. The zero-order valence-corrected chi connectivity index (χ0v) is 16.6. The van der Waals surface area contributed by atoms with E-state index in [-0.39, 0.29) is 11.6 Å².